The van der Waals surface area contributed by atoms with Crippen LogP contribution in [0.2, 0.25) is 0 Å². The smallest absolute Gasteiger partial charge is 0.854 e. The zero-order valence-corrected chi connectivity index (χ0v) is 24.2. The van der Waals surface area contributed by atoms with Crippen molar-refractivity contribution in [3.8, 4) is 0 Å². The van der Waals surface area contributed by atoms with Crippen LogP contribution in [-0.4, -0.2) is 26.4 Å². The summed E-state index contributed by atoms with van der Waals surface area (Å²) in [5, 5.41) is 40.7. The topological polar surface area (TPSA) is 92.2 Å². The van der Waals surface area contributed by atoms with Crippen molar-refractivity contribution in [2.45, 2.75) is 109 Å². The van der Waals surface area contributed by atoms with Crippen molar-refractivity contribution < 1.29 is 46.6 Å². The molecule has 0 aliphatic heterocycles. The monoisotopic (exact) mass is 494 g/mol. The Kier molecular flexibility index (Phi) is 28.5. The van der Waals surface area contributed by atoms with E-state index in [4.69, 9.17) is 0 Å². The second kappa shape index (κ2) is 20.6. The molecule has 0 saturated carbocycles. The first-order valence-corrected chi connectivity index (χ1v) is 10.8. The van der Waals surface area contributed by atoms with Gasteiger partial charge in [-0.05, 0) is 0 Å². The standard InChI is InChI=1S/4C6H13O.Zr/c4*1-4-6(2,3)5-7;/h4*4-5H2,1-3H3;/q4*-1;+4. The fourth-order valence-corrected chi connectivity index (χ4v) is 0.408. The molecule has 0 amide bonds. The molecule has 0 N–H and O–H groups in total. The minimum Gasteiger partial charge on any atom is -0.854 e. The average molecular weight is 496 g/mol. The molecule has 5 heteroatoms. The maximum absolute atomic E-state index is 10.2. The molecule has 0 aromatic heterocycles. The van der Waals surface area contributed by atoms with Gasteiger partial charge in [-0.15, -0.1) is 26.4 Å². The molecule has 4 nitrogen and oxygen atoms in total. The van der Waals surface area contributed by atoms with Crippen LogP contribution in [0, 0.1) is 21.7 Å². The summed E-state index contributed by atoms with van der Waals surface area (Å²) in [6, 6.07) is 0. The van der Waals surface area contributed by atoms with Crippen molar-refractivity contribution in [2.75, 3.05) is 26.4 Å². The Labute approximate surface area is 203 Å². The quantitative estimate of drug-likeness (QED) is 0.517. The van der Waals surface area contributed by atoms with Gasteiger partial charge in [0, 0.05) is 0 Å². The molecule has 0 rings (SSSR count). The summed E-state index contributed by atoms with van der Waals surface area (Å²) in [5.74, 6) is 0. The van der Waals surface area contributed by atoms with Gasteiger partial charge in [0.05, 0.1) is 0 Å². The second-order valence-electron chi connectivity index (χ2n) is 10.6. The summed E-state index contributed by atoms with van der Waals surface area (Å²) in [4.78, 5) is 0. The van der Waals surface area contributed by atoms with Gasteiger partial charge in [0.25, 0.3) is 0 Å². The molecule has 0 unspecified atom stereocenters. The molecule has 0 fully saturated rings. The summed E-state index contributed by atoms with van der Waals surface area (Å²) in [7, 11) is 0. The summed E-state index contributed by atoms with van der Waals surface area (Å²) in [6.07, 6.45) is 3.93. The maximum Gasteiger partial charge on any atom is 4.00 e. The molecule has 0 radical (unpaired) electrons. The Balaban J connectivity index is -0.0000000873. The van der Waals surface area contributed by atoms with E-state index in [1.54, 1.807) is 0 Å². The number of hydrogen-bond donors (Lipinski definition) is 0. The zero-order valence-electron chi connectivity index (χ0n) is 21.8. The fraction of sp³-hybridized carbons (Fsp3) is 1.00. The van der Waals surface area contributed by atoms with Crippen molar-refractivity contribution in [1.29, 1.82) is 0 Å². The van der Waals surface area contributed by atoms with Crippen LogP contribution in [0.1, 0.15) is 109 Å². The van der Waals surface area contributed by atoms with E-state index < -0.39 is 0 Å². The Bertz CT molecular complexity index is 239. The van der Waals surface area contributed by atoms with E-state index in [-0.39, 0.29) is 74.3 Å². The minimum atomic E-state index is 0. The van der Waals surface area contributed by atoms with E-state index in [9.17, 15) is 20.4 Å². The van der Waals surface area contributed by atoms with E-state index in [0.29, 0.717) is 0 Å². The summed E-state index contributed by atoms with van der Waals surface area (Å²) in [5.41, 5.74) is 0.111. The van der Waals surface area contributed by atoms with Crippen LogP contribution in [0.25, 0.3) is 0 Å². The molecule has 0 saturated heterocycles. The first kappa shape index (κ1) is 40.1. The molecule has 0 aliphatic carbocycles. The normalized spacial score (nSPS) is 11.6. The van der Waals surface area contributed by atoms with Gasteiger partial charge in [-0.1, -0.05) is 130 Å². The van der Waals surface area contributed by atoms with Crippen molar-refractivity contribution in [3.63, 3.8) is 0 Å². The molecule has 0 spiro atoms. The van der Waals surface area contributed by atoms with Gasteiger partial charge in [0.15, 0.2) is 0 Å². The molecule has 0 bridgehead atoms. The summed E-state index contributed by atoms with van der Waals surface area (Å²) in [6.45, 7) is 24.2. The molecular formula is C24H52O4Zr. The van der Waals surface area contributed by atoms with Gasteiger partial charge in [0.2, 0.25) is 0 Å². The zero-order chi connectivity index (χ0) is 23.7. The molecule has 0 aromatic rings. The first-order chi connectivity index (χ1) is 12.5. The van der Waals surface area contributed by atoms with Gasteiger partial charge < -0.3 is 20.4 Å². The Morgan fingerprint density at radius 1 is 0.379 bits per heavy atom. The predicted octanol–water partition coefficient (Wildman–Crippen LogP) is 3.13. The predicted molar refractivity (Wildman–Crippen MR) is 116 cm³/mol. The van der Waals surface area contributed by atoms with Gasteiger partial charge in [-0.3, -0.25) is 0 Å². The van der Waals surface area contributed by atoms with Crippen molar-refractivity contribution >= 4 is 0 Å². The van der Waals surface area contributed by atoms with Gasteiger partial charge in [-0.25, -0.2) is 0 Å². The molecule has 176 valence electrons. The Morgan fingerprint density at radius 2 is 0.483 bits per heavy atom. The number of hydrogen-bond acceptors (Lipinski definition) is 4. The van der Waals surface area contributed by atoms with E-state index >= 15 is 0 Å². The third-order valence-corrected chi connectivity index (χ3v) is 5.39. The summed E-state index contributed by atoms with van der Waals surface area (Å²) < 4.78 is 0. The van der Waals surface area contributed by atoms with E-state index in [2.05, 4.69) is 0 Å². The van der Waals surface area contributed by atoms with Crippen LogP contribution in [-0.2, 0) is 26.2 Å². The largest absolute Gasteiger partial charge is 4.00 e. The van der Waals surface area contributed by atoms with E-state index in [1.807, 2.05) is 83.1 Å². The maximum atomic E-state index is 10.2. The Morgan fingerprint density at radius 3 is 0.483 bits per heavy atom. The van der Waals surface area contributed by atoms with Crippen LogP contribution in [0.4, 0.5) is 0 Å². The van der Waals surface area contributed by atoms with Crippen LogP contribution in [0.15, 0.2) is 0 Å². The number of rotatable bonds is 8. The third-order valence-electron chi connectivity index (χ3n) is 5.39. The second-order valence-corrected chi connectivity index (χ2v) is 10.6. The van der Waals surface area contributed by atoms with Gasteiger partial charge in [-0.2, -0.15) is 0 Å². The molecule has 29 heavy (non-hydrogen) atoms. The van der Waals surface area contributed by atoms with Crippen LogP contribution >= 0.6 is 0 Å². The van der Waals surface area contributed by atoms with Gasteiger partial charge >= 0.3 is 26.2 Å². The molecule has 0 heterocycles. The van der Waals surface area contributed by atoms with Crippen LogP contribution < -0.4 is 20.4 Å². The average Bonchev–Trinajstić information content (AvgIpc) is 2.69. The van der Waals surface area contributed by atoms with Crippen molar-refractivity contribution in [2.24, 2.45) is 21.7 Å². The molecular weight excluding hydrogens is 443 g/mol. The van der Waals surface area contributed by atoms with Crippen LogP contribution in [0.3, 0.4) is 0 Å². The van der Waals surface area contributed by atoms with Crippen molar-refractivity contribution in [1.82, 2.24) is 0 Å². The fourth-order valence-electron chi connectivity index (χ4n) is 0.408. The minimum absolute atomic E-state index is 0. The van der Waals surface area contributed by atoms with Crippen molar-refractivity contribution in [3.05, 3.63) is 0 Å². The SMILES string of the molecule is CCC(C)(C)C[O-].CCC(C)(C)C[O-].CCC(C)(C)C[O-].CCC(C)(C)C[O-].[Zr+4]. The van der Waals surface area contributed by atoms with E-state index in [1.165, 1.54) is 0 Å². The summed E-state index contributed by atoms with van der Waals surface area (Å²) >= 11 is 0. The van der Waals surface area contributed by atoms with Crippen LogP contribution in [0.5, 0.6) is 0 Å². The Hall–Kier alpha value is 0.723. The third kappa shape index (κ3) is 33.6. The van der Waals surface area contributed by atoms with Gasteiger partial charge in [0.1, 0.15) is 0 Å². The molecule has 0 atom stereocenters. The molecule has 0 aromatic carbocycles. The molecule has 0 aliphatic rings. The first-order valence-electron chi connectivity index (χ1n) is 10.8. The van der Waals surface area contributed by atoms with E-state index in [0.717, 1.165) is 25.7 Å².